The molecule has 4 nitrogen and oxygen atoms in total. The van der Waals surface area contributed by atoms with Crippen LogP contribution in [0.1, 0.15) is 15.9 Å². The van der Waals surface area contributed by atoms with Crippen molar-refractivity contribution in [2.45, 2.75) is 6.92 Å². The van der Waals surface area contributed by atoms with Gasteiger partial charge in [0, 0.05) is 12.6 Å². The Labute approximate surface area is 99.7 Å². The Hall–Kier alpha value is -1.62. The summed E-state index contributed by atoms with van der Waals surface area (Å²) in [4.78, 5) is 13.5. The number of aryl methyl sites for hydroxylation is 1. The van der Waals surface area contributed by atoms with Crippen molar-refractivity contribution < 1.29 is 9.90 Å². The van der Waals surface area contributed by atoms with E-state index in [4.69, 9.17) is 18.0 Å². The molecule has 5 heteroatoms. The van der Waals surface area contributed by atoms with Crippen molar-refractivity contribution in [2.75, 3.05) is 13.6 Å². The van der Waals surface area contributed by atoms with E-state index in [2.05, 4.69) is 0 Å². The summed E-state index contributed by atoms with van der Waals surface area (Å²) in [5.74, 6) is -0.113. The standard InChI is InChI=1S/C11H14N2O2S/c1-7-3-4-8(5-9(7)14)11(15)13(2)6-10(12)16/h3-5,14H,6H2,1-2H3,(H2,12,16). The lowest BCUT2D eigenvalue weighted by atomic mass is 10.1. The molecule has 1 aromatic carbocycles. The predicted octanol–water partition coefficient (Wildman–Crippen LogP) is 1.06. The quantitative estimate of drug-likeness (QED) is 0.773. The minimum Gasteiger partial charge on any atom is -0.508 e. The second kappa shape index (κ2) is 4.94. The molecule has 3 N–H and O–H groups in total. The lowest BCUT2D eigenvalue weighted by Crippen LogP contribution is -2.34. The SMILES string of the molecule is Cc1ccc(C(=O)N(C)CC(N)=S)cc1O. The zero-order valence-corrected chi connectivity index (χ0v) is 10.0. The number of hydrogen-bond acceptors (Lipinski definition) is 3. The molecule has 0 saturated carbocycles. The third-order valence-corrected chi connectivity index (χ3v) is 2.32. The van der Waals surface area contributed by atoms with Crippen molar-refractivity contribution in [3.05, 3.63) is 29.3 Å². The van der Waals surface area contributed by atoms with Gasteiger partial charge in [-0.2, -0.15) is 0 Å². The van der Waals surface area contributed by atoms with Gasteiger partial charge >= 0.3 is 0 Å². The lowest BCUT2D eigenvalue weighted by Gasteiger charge is -2.16. The van der Waals surface area contributed by atoms with Crippen molar-refractivity contribution in [3.63, 3.8) is 0 Å². The molecule has 0 heterocycles. The van der Waals surface area contributed by atoms with Crippen LogP contribution in [0.3, 0.4) is 0 Å². The molecule has 0 aliphatic heterocycles. The van der Waals surface area contributed by atoms with Crippen LogP contribution in [-0.4, -0.2) is 34.5 Å². The van der Waals surface area contributed by atoms with E-state index in [-0.39, 0.29) is 23.2 Å². The molecule has 0 unspecified atom stereocenters. The van der Waals surface area contributed by atoms with E-state index in [1.165, 1.54) is 11.0 Å². The Bertz CT molecular complexity index is 432. The smallest absolute Gasteiger partial charge is 0.254 e. The minimum absolute atomic E-state index is 0.106. The van der Waals surface area contributed by atoms with E-state index < -0.39 is 0 Å². The number of nitrogens with two attached hydrogens (primary N) is 1. The van der Waals surface area contributed by atoms with E-state index in [9.17, 15) is 9.90 Å². The number of likely N-dealkylation sites (N-methyl/N-ethyl adjacent to an activating group) is 1. The Kier molecular flexibility index (Phi) is 3.84. The Morgan fingerprint density at radius 1 is 1.56 bits per heavy atom. The molecular formula is C11H14N2O2S. The van der Waals surface area contributed by atoms with Crippen LogP contribution in [0.15, 0.2) is 18.2 Å². The van der Waals surface area contributed by atoms with Crippen LogP contribution in [0.5, 0.6) is 5.75 Å². The molecule has 0 fully saturated rings. The van der Waals surface area contributed by atoms with E-state index in [0.29, 0.717) is 5.56 Å². The molecule has 0 saturated heterocycles. The highest BCUT2D eigenvalue weighted by molar-refractivity contribution is 7.80. The number of nitrogens with zero attached hydrogens (tertiary/aromatic N) is 1. The number of thiocarbonyl (C=S) groups is 1. The summed E-state index contributed by atoms with van der Waals surface area (Å²) < 4.78 is 0. The predicted molar refractivity (Wildman–Crippen MR) is 66.6 cm³/mol. The maximum atomic E-state index is 11.8. The van der Waals surface area contributed by atoms with Crippen molar-refractivity contribution >= 4 is 23.1 Å². The van der Waals surface area contributed by atoms with Crippen LogP contribution in [0, 0.1) is 6.92 Å². The third-order valence-electron chi connectivity index (χ3n) is 2.20. The van der Waals surface area contributed by atoms with Gasteiger partial charge in [0.1, 0.15) is 5.75 Å². The van der Waals surface area contributed by atoms with Crippen molar-refractivity contribution in [1.82, 2.24) is 4.90 Å². The van der Waals surface area contributed by atoms with Crippen molar-refractivity contribution in [1.29, 1.82) is 0 Å². The lowest BCUT2D eigenvalue weighted by molar-refractivity contribution is 0.0814. The van der Waals surface area contributed by atoms with Gasteiger partial charge in [-0.05, 0) is 24.6 Å². The zero-order valence-electron chi connectivity index (χ0n) is 9.23. The molecule has 86 valence electrons. The maximum Gasteiger partial charge on any atom is 0.254 e. The molecule has 16 heavy (non-hydrogen) atoms. The van der Waals surface area contributed by atoms with Crippen LogP contribution in [-0.2, 0) is 0 Å². The molecule has 0 aromatic heterocycles. The van der Waals surface area contributed by atoms with Crippen molar-refractivity contribution in [2.24, 2.45) is 5.73 Å². The zero-order chi connectivity index (χ0) is 12.3. The van der Waals surface area contributed by atoms with Crippen LogP contribution >= 0.6 is 12.2 Å². The van der Waals surface area contributed by atoms with E-state index in [1.54, 1.807) is 26.1 Å². The molecule has 1 aromatic rings. The number of carbonyl (C=O) groups is 1. The van der Waals surface area contributed by atoms with Gasteiger partial charge < -0.3 is 15.7 Å². The van der Waals surface area contributed by atoms with Gasteiger partial charge in [-0.25, -0.2) is 0 Å². The molecule has 1 rings (SSSR count). The summed E-state index contributed by atoms with van der Waals surface area (Å²) >= 11 is 4.72. The second-order valence-electron chi connectivity index (χ2n) is 3.63. The summed E-state index contributed by atoms with van der Waals surface area (Å²) in [5.41, 5.74) is 6.50. The molecular weight excluding hydrogens is 224 g/mol. The van der Waals surface area contributed by atoms with E-state index >= 15 is 0 Å². The highest BCUT2D eigenvalue weighted by Gasteiger charge is 2.13. The summed E-state index contributed by atoms with van der Waals surface area (Å²) in [5, 5.41) is 9.49. The summed E-state index contributed by atoms with van der Waals surface area (Å²) in [6.45, 7) is 1.99. The first-order chi connectivity index (χ1) is 7.41. The fourth-order valence-corrected chi connectivity index (χ4v) is 1.46. The molecule has 0 spiro atoms. The fourth-order valence-electron chi connectivity index (χ4n) is 1.27. The highest BCUT2D eigenvalue weighted by atomic mass is 32.1. The molecule has 0 aliphatic rings. The Morgan fingerprint density at radius 3 is 2.69 bits per heavy atom. The van der Waals surface area contributed by atoms with Crippen LogP contribution in [0.2, 0.25) is 0 Å². The highest BCUT2D eigenvalue weighted by Crippen LogP contribution is 2.18. The van der Waals surface area contributed by atoms with Gasteiger partial charge in [0.25, 0.3) is 5.91 Å². The summed E-state index contributed by atoms with van der Waals surface area (Å²) in [7, 11) is 1.61. The molecule has 0 radical (unpaired) electrons. The number of phenolic OH excluding ortho intramolecular Hbond substituents is 1. The fraction of sp³-hybridized carbons (Fsp3) is 0.273. The summed E-state index contributed by atoms with van der Waals surface area (Å²) in [6.07, 6.45) is 0. The number of rotatable bonds is 3. The number of benzene rings is 1. The Balaban J connectivity index is 2.88. The number of aromatic hydroxyl groups is 1. The number of phenols is 1. The van der Waals surface area contributed by atoms with Crippen LogP contribution in [0.4, 0.5) is 0 Å². The first-order valence-corrected chi connectivity index (χ1v) is 5.16. The average molecular weight is 238 g/mol. The van der Waals surface area contributed by atoms with Gasteiger partial charge in [0.15, 0.2) is 0 Å². The number of hydrogen-bond donors (Lipinski definition) is 2. The van der Waals surface area contributed by atoms with E-state index in [1.807, 2.05) is 0 Å². The molecule has 0 bridgehead atoms. The van der Waals surface area contributed by atoms with Crippen LogP contribution < -0.4 is 5.73 Å². The van der Waals surface area contributed by atoms with E-state index in [0.717, 1.165) is 5.56 Å². The largest absolute Gasteiger partial charge is 0.508 e. The number of carbonyl (C=O) groups excluding carboxylic acids is 1. The maximum absolute atomic E-state index is 11.8. The monoisotopic (exact) mass is 238 g/mol. The molecule has 1 amide bonds. The summed E-state index contributed by atoms with van der Waals surface area (Å²) in [6, 6.07) is 4.79. The molecule has 0 aliphatic carbocycles. The topological polar surface area (TPSA) is 66.6 Å². The van der Waals surface area contributed by atoms with Crippen LogP contribution in [0.25, 0.3) is 0 Å². The van der Waals surface area contributed by atoms with Gasteiger partial charge in [-0.15, -0.1) is 0 Å². The average Bonchev–Trinajstić information content (AvgIpc) is 2.20. The number of amides is 1. The second-order valence-corrected chi connectivity index (χ2v) is 4.15. The minimum atomic E-state index is -0.219. The first-order valence-electron chi connectivity index (χ1n) is 4.75. The van der Waals surface area contributed by atoms with Crippen molar-refractivity contribution in [3.8, 4) is 5.75 Å². The van der Waals surface area contributed by atoms with Gasteiger partial charge in [-0.3, -0.25) is 4.79 Å². The van der Waals surface area contributed by atoms with Gasteiger partial charge in [0.05, 0.1) is 11.5 Å². The normalized spacial score (nSPS) is 9.88. The third kappa shape index (κ3) is 2.93. The van der Waals surface area contributed by atoms with Gasteiger partial charge in [-0.1, -0.05) is 18.3 Å². The molecule has 0 atom stereocenters. The van der Waals surface area contributed by atoms with Gasteiger partial charge in [0.2, 0.25) is 0 Å². The Morgan fingerprint density at radius 2 is 2.19 bits per heavy atom. The first kappa shape index (κ1) is 12.4.